The molecule has 0 aliphatic heterocycles. The van der Waals surface area contributed by atoms with Gasteiger partial charge in [0.1, 0.15) is 11.5 Å². The summed E-state index contributed by atoms with van der Waals surface area (Å²) < 4.78 is 23.1. The molecule has 0 fully saturated rings. The Kier molecular flexibility index (Phi) is 22.5. The van der Waals surface area contributed by atoms with Crippen LogP contribution in [0.2, 0.25) is 36.3 Å². The number of hydrogen-bond acceptors (Lipinski definition) is 4. The molecule has 0 atom stereocenters. The van der Waals surface area contributed by atoms with Gasteiger partial charge in [0.25, 0.3) is 0 Å². The number of rotatable bonds is 11. The van der Waals surface area contributed by atoms with Gasteiger partial charge in [-0.3, -0.25) is 0 Å². The summed E-state index contributed by atoms with van der Waals surface area (Å²) in [5.74, 6) is 1.81. The largest absolute Gasteiger partial charge is 0.497 e. The van der Waals surface area contributed by atoms with Gasteiger partial charge in [-0.05, 0) is 72.0 Å². The average Bonchev–Trinajstić information content (AvgIpc) is 2.91. The van der Waals surface area contributed by atoms with Crippen LogP contribution in [0.4, 0.5) is 0 Å². The van der Waals surface area contributed by atoms with Gasteiger partial charge in [-0.15, -0.1) is 13.2 Å². The lowest BCUT2D eigenvalue weighted by Crippen LogP contribution is -2.40. The Balaban J connectivity index is -0.000000640. The number of hydrogen-bond donors (Lipinski definition) is 0. The number of methoxy groups -OCH3 is 2. The van der Waals surface area contributed by atoms with Crippen LogP contribution >= 0.6 is 15.9 Å². The van der Waals surface area contributed by atoms with E-state index in [4.69, 9.17) is 18.3 Å². The van der Waals surface area contributed by atoms with Gasteiger partial charge in [-0.2, -0.15) is 0 Å². The molecule has 0 unspecified atom stereocenters. The summed E-state index contributed by atoms with van der Waals surface area (Å²) in [6, 6.07) is 14.2. The molecule has 2 aromatic carbocycles. The van der Waals surface area contributed by atoms with Gasteiger partial charge in [-0.1, -0.05) is 109 Å². The summed E-state index contributed by atoms with van der Waals surface area (Å²) in [5, 5.41) is 1.38. The van der Waals surface area contributed by atoms with E-state index >= 15 is 0 Å². The van der Waals surface area contributed by atoms with E-state index in [0.717, 1.165) is 23.2 Å². The van der Waals surface area contributed by atoms with Crippen LogP contribution < -0.4 is 9.47 Å². The summed E-state index contributed by atoms with van der Waals surface area (Å²) in [4.78, 5) is 0. The molecule has 43 heavy (non-hydrogen) atoms. The van der Waals surface area contributed by atoms with Crippen LogP contribution in [0.3, 0.4) is 0 Å². The Morgan fingerprint density at radius 3 is 1.65 bits per heavy atom. The Bertz CT molecular complexity index is 1050. The maximum Gasteiger partial charge on any atom is 0.192 e. The summed E-state index contributed by atoms with van der Waals surface area (Å²) in [7, 11) is 0.0132. The molecule has 0 aliphatic rings. The van der Waals surface area contributed by atoms with E-state index in [2.05, 4.69) is 109 Å². The summed E-state index contributed by atoms with van der Waals surface area (Å²) in [6.45, 7) is 31.2. The first-order valence-electron chi connectivity index (χ1n) is 14.2. The number of halogens is 1. The van der Waals surface area contributed by atoms with Crippen molar-refractivity contribution in [3.63, 3.8) is 0 Å². The lowest BCUT2D eigenvalue weighted by atomic mass is 10.0. The van der Waals surface area contributed by atoms with E-state index in [9.17, 15) is 0 Å². The highest BCUT2D eigenvalue weighted by atomic mass is 79.9. The molecule has 0 N–H and O–H groups in total. The minimum absolute atomic E-state index is 0. The van der Waals surface area contributed by atoms with Crippen molar-refractivity contribution in [3.8, 4) is 11.5 Å². The summed E-state index contributed by atoms with van der Waals surface area (Å²) in [5.41, 5.74) is 3.56. The first-order chi connectivity index (χ1) is 18.9. The van der Waals surface area contributed by atoms with Gasteiger partial charge in [0.05, 0.1) is 27.4 Å². The quantitative estimate of drug-likeness (QED) is 0.133. The van der Waals surface area contributed by atoms with E-state index in [1.54, 1.807) is 20.3 Å². The van der Waals surface area contributed by atoms with E-state index in [-0.39, 0.29) is 24.9 Å². The summed E-state index contributed by atoms with van der Waals surface area (Å²) >= 11 is 3.13. The molecular formula is C36H65BrO4Si2. The Morgan fingerprint density at radius 1 is 0.744 bits per heavy atom. The second-order valence-corrected chi connectivity index (χ2v) is 23.2. The predicted octanol–water partition coefficient (Wildman–Crippen LogP) is 12.0. The van der Waals surface area contributed by atoms with Crippen molar-refractivity contribution in [1.29, 1.82) is 0 Å². The maximum absolute atomic E-state index is 6.32. The highest BCUT2D eigenvalue weighted by molar-refractivity contribution is 9.09. The average molecular weight is 698 g/mol. The third kappa shape index (κ3) is 16.3. The zero-order chi connectivity index (χ0) is 31.9. The fourth-order valence-corrected chi connectivity index (χ4v) is 4.94. The normalized spacial score (nSPS) is 11.3. The molecule has 2 rings (SSSR count). The number of ether oxygens (including phenoxy) is 2. The van der Waals surface area contributed by atoms with Gasteiger partial charge < -0.3 is 18.3 Å². The van der Waals surface area contributed by atoms with Crippen molar-refractivity contribution in [3.05, 3.63) is 84.5 Å². The van der Waals surface area contributed by atoms with Crippen LogP contribution in [0, 0.1) is 0 Å². The molecule has 248 valence electrons. The smallest absolute Gasteiger partial charge is 0.192 e. The minimum Gasteiger partial charge on any atom is -0.497 e. The third-order valence-corrected chi connectivity index (χ3v) is 17.3. The molecule has 0 amide bonds. The Hall–Kier alpha value is -1.65. The fourth-order valence-electron chi connectivity index (χ4n) is 3.03. The molecule has 0 spiro atoms. The molecule has 4 nitrogen and oxygen atoms in total. The van der Waals surface area contributed by atoms with Crippen LogP contribution in [0.15, 0.2) is 67.8 Å². The molecule has 0 heterocycles. The highest BCUT2D eigenvalue weighted by Crippen LogP contribution is 2.38. The molecule has 0 aromatic heterocycles. The van der Waals surface area contributed by atoms with Crippen molar-refractivity contribution in [2.75, 3.05) is 19.5 Å². The first kappa shape index (κ1) is 45.8. The van der Waals surface area contributed by atoms with Crippen LogP contribution in [0.25, 0.3) is 0 Å². The molecule has 7 heteroatoms. The zero-order valence-electron chi connectivity index (χ0n) is 27.9. The summed E-state index contributed by atoms with van der Waals surface area (Å²) in [6.07, 6.45) is 4.51. The molecule has 0 saturated heterocycles. The van der Waals surface area contributed by atoms with E-state index in [0.29, 0.717) is 13.2 Å². The SMILES string of the molecule is C.C.C=CCBr.C=CCc1c(CO[Si](C)(C)C(C)(C)C)cccc1OC.COc1cccc(CO[Si](C)(C)C(C)(C)C)c1. The lowest BCUT2D eigenvalue weighted by Gasteiger charge is -2.36. The lowest BCUT2D eigenvalue weighted by molar-refractivity contribution is 0.274. The van der Waals surface area contributed by atoms with E-state index in [1.165, 1.54) is 16.7 Å². The van der Waals surface area contributed by atoms with E-state index < -0.39 is 16.6 Å². The molecule has 2 aromatic rings. The monoisotopic (exact) mass is 696 g/mol. The standard InChI is InChI=1S/C17H28O2Si.C14H24O2Si.C3H5Br.2CH4/c1-8-10-15-14(11-9-12-16(15)18-5)13-19-20(6,7)17(2,3)4;1-14(2,3)17(5,6)16-11-12-8-7-9-13(10-12)15-4;1-2-3-4;;/h8-9,11-12H,1,10,13H2,2-7H3;7-10H,11H2,1-6H3;2H,1,3H2;2*1H4. The van der Waals surface area contributed by atoms with Crippen LogP contribution in [0.5, 0.6) is 11.5 Å². The molecular weight excluding hydrogens is 632 g/mol. The highest BCUT2D eigenvalue weighted by Gasteiger charge is 2.38. The van der Waals surface area contributed by atoms with Crippen molar-refractivity contribution in [2.24, 2.45) is 0 Å². The second-order valence-electron chi connectivity index (χ2n) is 13.0. The van der Waals surface area contributed by atoms with Crippen molar-refractivity contribution >= 4 is 32.6 Å². The second kappa shape index (κ2) is 21.2. The molecule has 0 saturated carbocycles. The molecule has 0 aliphatic carbocycles. The van der Waals surface area contributed by atoms with Crippen molar-refractivity contribution < 1.29 is 18.3 Å². The third-order valence-electron chi connectivity index (χ3n) is 7.84. The van der Waals surface area contributed by atoms with Gasteiger partial charge in [0.2, 0.25) is 0 Å². The van der Waals surface area contributed by atoms with Gasteiger partial charge in [0, 0.05) is 10.9 Å². The van der Waals surface area contributed by atoms with Gasteiger partial charge >= 0.3 is 0 Å². The van der Waals surface area contributed by atoms with Gasteiger partial charge in [0.15, 0.2) is 16.6 Å². The maximum atomic E-state index is 6.32. The van der Waals surface area contributed by atoms with Crippen LogP contribution in [-0.4, -0.2) is 36.2 Å². The zero-order valence-corrected chi connectivity index (χ0v) is 31.5. The topological polar surface area (TPSA) is 36.9 Å². The Labute approximate surface area is 277 Å². The number of allylic oxidation sites excluding steroid dienone is 2. The van der Waals surface area contributed by atoms with Crippen molar-refractivity contribution in [2.45, 2.75) is 112 Å². The van der Waals surface area contributed by atoms with Crippen molar-refractivity contribution in [1.82, 2.24) is 0 Å². The fraction of sp³-hybridized carbons (Fsp3) is 0.556. The van der Waals surface area contributed by atoms with Crippen LogP contribution in [0.1, 0.15) is 73.1 Å². The number of benzene rings is 2. The Morgan fingerprint density at radius 2 is 1.23 bits per heavy atom. The predicted molar refractivity (Wildman–Crippen MR) is 201 cm³/mol. The molecule has 0 radical (unpaired) electrons. The first-order valence-corrected chi connectivity index (χ1v) is 21.2. The molecule has 0 bridgehead atoms. The van der Waals surface area contributed by atoms with Gasteiger partial charge in [-0.25, -0.2) is 0 Å². The van der Waals surface area contributed by atoms with Crippen LogP contribution in [-0.2, 0) is 28.5 Å². The van der Waals surface area contributed by atoms with E-state index in [1.807, 2.05) is 36.4 Å². The number of alkyl halides is 1. The minimum atomic E-state index is -1.73.